The van der Waals surface area contributed by atoms with Crippen molar-refractivity contribution < 1.29 is 14.4 Å². The number of piperidine rings is 1. The highest BCUT2D eigenvalue weighted by Crippen LogP contribution is 2.43. The van der Waals surface area contributed by atoms with Gasteiger partial charge in [-0.2, -0.15) is 0 Å². The van der Waals surface area contributed by atoms with E-state index in [1.165, 1.54) is 0 Å². The van der Waals surface area contributed by atoms with E-state index in [-0.39, 0.29) is 29.4 Å². The molecule has 1 unspecified atom stereocenters. The van der Waals surface area contributed by atoms with Crippen molar-refractivity contribution in [2.45, 2.75) is 76.4 Å². The molecule has 0 radical (unpaired) electrons. The zero-order chi connectivity index (χ0) is 28.5. The quantitative estimate of drug-likeness (QED) is 0.580. The lowest BCUT2D eigenvalue weighted by Gasteiger charge is -2.40. The number of hydrogen-bond acceptors (Lipinski definition) is 4. The molecule has 214 valence electrons. The summed E-state index contributed by atoms with van der Waals surface area (Å²) in [5, 5.41) is 6.53. The van der Waals surface area contributed by atoms with Crippen LogP contribution in [0.25, 0.3) is 0 Å². The van der Waals surface area contributed by atoms with E-state index in [0.717, 1.165) is 23.4 Å². The van der Waals surface area contributed by atoms with Gasteiger partial charge in [0.15, 0.2) is 0 Å². The molecule has 2 saturated heterocycles. The Kier molecular flexibility index (Phi) is 7.91. The Bertz CT molecular complexity index is 1240. The number of aryl methyl sites for hydroxylation is 1. The molecular formula is C32H43N5O3. The molecule has 0 spiro atoms. The number of hydrogen-bond donors (Lipinski definition) is 2. The highest BCUT2D eigenvalue weighted by molar-refractivity contribution is 6.08. The summed E-state index contributed by atoms with van der Waals surface area (Å²) in [6.07, 6.45) is 2.67. The molecule has 8 heteroatoms. The summed E-state index contributed by atoms with van der Waals surface area (Å²) < 4.78 is 0. The summed E-state index contributed by atoms with van der Waals surface area (Å²) in [5.74, 6) is 0.0935. The summed E-state index contributed by atoms with van der Waals surface area (Å²) in [4.78, 5) is 46.3. The van der Waals surface area contributed by atoms with E-state index in [9.17, 15) is 14.4 Å². The van der Waals surface area contributed by atoms with Crippen LogP contribution < -0.4 is 15.5 Å². The Balaban J connectivity index is 1.26. The zero-order valence-corrected chi connectivity index (χ0v) is 24.3. The van der Waals surface area contributed by atoms with Gasteiger partial charge in [0.1, 0.15) is 6.04 Å². The number of carbonyl (C=O) groups excluding carboxylic acids is 3. The van der Waals surface area contributed by atoms with Crippen LogP contribution in [0, 0.1) is 0 Å². The number of nitrogens with zero attached hydrogens (tertiary/aromatic N) is 3. The second-order valence-electron chi connectivity index (χ2n) is 12.6. The first-order valence-corrected chi connectivity index (χ1v) is 14.6. The van der Waals surface area contributed by atoms with Crippen molar-refractivity contribution in [1.29, 1.82) is 0 Å². The van der Waals surface area contributed by atoms with Crippen LogP contribution in [-0.2, 0) is 21.4 Å². The molecule has 8 nitrogen and oxygen atoms in total. The molecule has 0 bridgehead atoms. The highest BCUT2D eigenvalue weighted by atomic mass is 16.2. The molecule has 0 aromatic heterocycles. The number of rotatable bonds is 6. The Morgan fingerprint density at radius 1 is 0.950 bits per heavy atom. The molecular weight excluding hydrogens is 502 g/mol. The van der Waals surface area contributed by atoms with Gasteiger partial charge in [0.25, 0.3) is 0 Å². The van der Waals surface area contributed by atoms with Gasteiger partial charge in [-0.1, -0.05) is 48.5 Å². The second-order valence-corrected chi connectivity index (χ2v) is 12.6. The van der Waals surface area contributed by atoms with E-state index in [1.807, 2.05) is 71.0 Å². The van der Waals surface area contributed by atoms with Gasteiger partial charge in [-0.3, -0.25) is 9.59 Å². The van der Waals surface area contributed by atoms with Gasteiger partial charge in [0.2, 0.25) is 11.8 Å². The molecule has 2 N–H and O–H groups in total. The molecule has 2 aromatic rings. The van der Waals surface area contributed by atoms with Crippen molar-refractivity contribution >= 4 is 23.5 Å². The summed E-state index contributed by atoms with van der Waals surface area (Å²) in [7, 11) is 0. The normalized spacial score (nSPS) is 21.2. The van der Waals surface area contributed by atoms with Crippen LogP contribution >= 0.6 is 0 Å². The lowest BCUT2D eigenvalue weighted by atomic mass is 9.86. The van der Waals surface area contributed by atoms with Crippen LogP contribution in [0.1, 0.15) is 58.1 Å². The molecule has 0 saturated carbocycles. The molecule has 4 amide bonds. The lowest BCUT2D eigenvalue weighted by Crippen LogP contribution is -2.62. The maximum absolute atomic E-state index is 13.9. The Labute approximate surface area is 238 Å². The third-order valence-corrected chi connectivity index (χ3v) is 8.75. The van der Waals surface area contributed by atoms with Crippen LogP contribution in [0.4, 0.5) is 10.5 Å². The summed E-state index contributed by atoms with van der Waals surface area (Å²) in [6, 6.07) is 17.4. The molecule has 3 aliphatic rings. The second kappa shape index (κ2) is 11.2. The number of carbonyl (C=O) groups is 3. The molecule has 2 fully saturated rings. The average molecular weight is 546 g/mol. The number of likely N-dealkylation sites (tertiary alicyclic amines) is 1. The van der Waals surface area contributed by atoms with E-state index < -0.39 is 11.5 Å². The minimum absolute atomic E-state index is 0.0365. The maximum Gasteiger partial charge on any atom is 0.318 e. The van der Waals surface area contributed by atoms with E-state index in [2.05, 4.69) is 36.6 Å². The largest absolute Gasteiger partial charge is 0.341 e. The van der Waals surface area contributed by atoms with Crippen LogP contribution in [-0.4, -0.2) is 78.0 Å². The number of piperazine rings is 1. The van der Waals surface area contributed by atoms with Crippen LogP contribution in [0.2, 0.25) is 0 Å². The van der Waals surface area contributed by atoms with Crippen molar-refractivity contribution in [1.82, 2.24) is 20.4 Å². The lowest BCUT2D eigenvalue weighted by molar-refractivity contribution is -0.134. The van der Waals surface area contributed by atoms with Crippen molar-refractivity contribution in [3.63, 3.8) is 0 Å². The number of urea groups is 1. The van der Waals surface area contributed by atoms with Crippen molar-refractivity contribution in [2.24, 2.45) is 0 Å². The van der Waals surface area contributed by atoms with Crippen LogP contribution in [0.5, 0.6) is 0 Å². The Morgan fingerprint density at radius 2 is 1.62 bits per heavy atom. The average Bonchev–Trinajstić information content (AvgIpc) is 3.15. The summed E-state index contributed by atoms with van der Waals surface area (Å²) in [5.41, 5.74) is 2.49. The van der Waals surface area contributed by atoms with E-state index in [1.54, 1.807) is 0 Å². The van der Waals surface area contributed by atoms with E-state index in [4.69, 9.17) is 0 Å². The predicted octanol–water partition coefficient (Wildman–Crippen LogP) is 3.70. The van der Waals surface area contributed by atoms with Gasteiger partial charge in [0.05, 0.1) is 5.41 Å². The molecule has 0 aliphatic carbocycles. The Morgan fingerprint density at radius 3 is 2.33 bits per heavy atom. The molecule has 1 atom stereocenters. The predicted molar refractivity (Wildman–Crippen MR) is 157 cm³/mol. The molecule has 2 aromatic carbocycles. The minimum atomic E-state index is -0.602. The SMILES string of the molecule is CC1(C)CN(C(=O)NC(CCc2ccccc2)C(=O)N2CCC(N3C(=O)C(C)(C)c4ccccc43)CC2)CCN1. The third kappa shape index (κ3) is 5.73. The maximum atomic E-state index is 13.9. The van der Waals surface area contributed by atoms with Gasteiger partial charge in [-0.05, 0) is 70.6 Å². The number of anilines is 1. The van der Waals surface area contributed by atoms with Crippen molar-refractivity contribution in [3.05, 3.63) is 65.7 Å². The minimum Gasteiger partial charge on any atom is -0.341 e. The fourth-order valence-corrected chi connectivity index (χ4v) is 6.43. The standard InChI is InChI=1S/C32H43N5O3/c1-31(2)22-36(21-18-33-31)30(40)34-26(15-14-23-10-6-5-7-11-23)28(38)35-19-16-24(17-20-35)37-27-13-9-8-12-25(27)32(3,4)29(37)39/h5-13,24,26,33H,14-22H2,1-4H3,(H,34,40). The topological polar surface area (TPSA) is 85.0 Å². The van der Waals surface area contributed by atoms with Crippen LogP contribution in [0.15, 0.2) is 54.6 Å². The van der Waals surface area contributed by atoms with Gasteiger partial charge in [-0.15, -0.1) is 0 Å². The number of benzene rings is 2. The zero-order valence-electron chi connectivity index (χ0n) is 24.3. The number of amides is 4. The summed E-state index contributed by atoms with van der Waals surface area (Å²) >= 11 is 0. The first kappa shape index (κ1) is 28.1. The van der Waals surface area contributed by atoms with Crippen molar-refractivity contribution in [2.75, 3.05) is 37.6 Å². The Hall–Kier alpha value is -3.39. The van der Waals surface area contributed by atoms with Crippen molar-refractivity contribution in [3.8, 4) is 0 Å². The van der Waals surface area contributed by atoms with E-state index >= 15 is 0 Å². The summed E-state index contributed by atoms with van der Waals surface area (Å²) in [6.45, 7) is 11.2. The monoisotopic (exact) mass is 545 g/mol. The van der Waals surface area contributed by atoms with Crippen LogP contribution in [0.3, 0.4) is 0 Å². The molecule has 5 rings (SSSR count). The first-order chi connectivity index (χ1) is 19.1. The van der Waals surface area contributed by atoms with Gasteiger partial charge >= 0.3 is 6.03 Å². The highest BCUT2D eigenvalue weighted by Gasteiger charge is 2.47. The number of para-hydroxylation sites is 1. The van der Waals surface area contributed by atoms with Gasteiger partial charge in [-0.25, -0.2) is 4.79 Å². The third-order valence-electron chi connectivity index (χ3n) is 8.75. The molecule has 40 heavy (non-hydrogen) atoms. The van der Waals surface area contributed by atoms with Gasteiger partial charge in [0, 0.05) is 50.0 Å². The van der Waals surface area contributed by atoms with E-state index in [0.29, 0.717) is 51.9 Å². The molecule has 3 heterocycles. The van der Waals surface area contributed by atoms with Gasteiger partial charge < -0.3 is 25.3 Å². The first-order valence-electron chi connectivity index (χ1n) is 14.6. The molecule has 3 aliphatic heterocycles. The number of fused-ring (bicyclic) bond motifs is 1. The number of nitrogens with one attached hydrogen (secondary N) is 2. The fourth-order valence-electron chi connectivity index (χ4n) is 6.43. The smallest absolute Gasteiger partial charge is 0.318 e. The fraction of sp³-hybridized carbons (Fsp3) is 0.531.